The summed E-state index contributed by atoms with van der Waals surface area (Å²) in [5.74, 6) is -0.463. The van der Waals surface area contributed by atoms with Gasteiger partial charge in [-0.1, -0.05) is 48.5 Å². The molecular weight excluding hydrogens is 340 g/mol. The van der Waals surface area contributed by atoms with E-state index < -0.39 is 5.92 Å². The molecule has 0 aliphatic heterocycles. The van der Waals surface area contributed by atoms with Gasteiger partial charge in [-0.25, -0.2) is 4.68 Å². The van der Waals surface area contributed by atoms with E-state index in [-0.39, 0.29) is 11.1 Å². The standard InChI is InChI=1S/C21H20N4O2/c1-13-17(20(26)23-22-13)19(15-9-5-3-6-10-15)18-14(2)24-25(21(18)27)16-11-7-4-8-12-16/h3-12,19,24H,1-2H3,(H2,22,23,26). The van der Waals surface area contributed by atoms with Gasteiger partial charge in [0.25, 0.3) is 11.1 Å². The molecule has 4 aromatic rings. The molecule has 136 valence electrons. The van der Waals surface area contributed by atoms with Crippen LogP contribution in [0.25, 0.3) is 5.69 Å². The summed E-state index contributed by atoms with van der Waals surface area (Å²) in [6, 6.07) is 19.0. The smallest absolute Gasteiger partial charge is 0.275 e. The second kappa shape index (κ2) is 6.64. The van der Waals surface area contributed by atoms with Gasteiger partial charge in [0, 0.05) is 17.3 Å². The summed E-state index contributed by atoms with van der Waals surface area (Å²) in [4.78, 5) is 25.9. The lowest BCUT2D eigenvalue weighted by atomic mass is 9.85. The molecule has 1 unspecified atom stereocenters. The first-order valence-electron chi connectivity index (χ1n) is 8.77. The average molecular weight is 360 g/mol. The van der Waals surface area contributed by atoms with Crippen molar-refractivity contribution in [3.05, 3.63) is 109 Å². The van der Waals surface area contributed by atoms with Crippen LogP contribution in [0, 0.1) is 13.8 Å². The van der Waals surface area contributed by atoms with Crippen LogP contribution < -0.4 is 11.1 Å². The summed E-state index contributed by atoms with van der Waals surface area (Å²) in [6.07, 6.45) is 0. The van der Waals surface area contributed by atoms with E-state index in [0.29, 0.717) is 11.1 Å². The van der Waals surface area contributed by atoms with Crippen molar-refractivity contribution < 1.29 is 0 Å². The Morgan fingerprint density at radius 3 is 2.00 bits per heavy atom. The van der Waals surface area contributed by atoms with Crippen LogP contribution in [0.4, 0.5) is 0 Å². The molecule has 0 aliphatic carbocycles. The predicted octanol–water partition coefficient (Wildman–Crippen LogP) is 2.98. The lowest BCUT2D eigenvalue weighted by Gasteiger charge is -2.15. The number of benzene rings is 2. The molecule has 6 nitrogen and oxygen atoms in total. The van der Waals surface area contributed by atoms with Crippen LogP contribution in [-0.2, 0) is 0 Å². The summed E-state index contributed by atoms with van der Waals surface area (Å²) in [6.45, 7) is 3.70. The first-order valence-corrected chi connectivity index (χ1v) is 8.77. The fourth-order valence-corrected chi connectivity index (χ4v) is 3.58. The number of aryl methyl sites for hydroxylation is 2. The number of para-hydroxylation sites is 1. The topological polar surface area (TPSA) is 86.4 Å². The molecule has 1 atom stereocenters. The summed E-state index contributed by atoms with van der Waals surface area (Å²) in [5, 5.41) is 8.67. The Morgan fingerprint density at radius 1 is 0.778 bits per heavy atom. The number of nitrogens with one attached hydrogen (secondary N) is 3. The van der Waals surface area contributed by atoms with Crippen molar-refractivity contribution in [1.82, 2.24) is 20.0 Å². The minimum absolute atomic E-state index is 0.160. The van der Waals surface area contributed by atoms with Crippen LogP contribution in [-0.4, -0.2) is 20.0 Å². The summed E-state index contributed by atoms with van der Waals surface area (Å²) in [7, 11) is 0. The molecule has 0 radical (unpaired) electrons. The lowest BCUT2D eigenvalue weighted by Crippen LogP contribution is -2.23. The van der Waals surface area contributed by atoms with E-state index in [9.17, 15) is 9.59 Å². The number of hydrogen-bond acceptors (Lipinski definition) is 2. The SMILES string of the molecule is Cc1[nH][nH]c(=O)c1C(c1ccccc1)c1c(C)[nH]n(-c2ccccc2)c1=O. The van der Waals surface area contributed by atoms with Gasteiger partial charge >= 0.3 is 0 Å². The Balaban J connectivity index is 1.99. The maximum Gasteiger partial charge on any atom is 0.275 e. The third kappa shape index (κ3) is 2.85. The van der Waals surface area contributed by atoms with Gasteiger partial charge in [-0.15, -0.1) is 0 Å². The predicted molar refractivity (Wildman–Crippen MR) is 105 cm³/mol. The van der Waals surface area contributed by atoms with E-state index >= 15 is 0 Å². The van der Waals surface area contributed by atoms with Gasteiger partial charge in [-0.3, -0.25) is 19.8 Å². The van der Waals surface area contributed by atoms with Crippen molar-refractivity contribution in [3.63, 3.8) is 0 Å². The zero-order chi connectivity index (χ0) is 19.0. The molecule has 0 saturated heterocycles. The number of rotatable bonds is 4. The Bertz CT molecular complexity index is 1180. The van der Waals surface area contributed by atoms with Crippen molar-refractivity contribution in [2.45, 2.75) is 19.8 Å². The molecule has 0 aliphatic rings. The number of hydrogen-bond donors (Lipinski definition) is 3. The Hall–Kier alpha value is -3.54. The monoisotopic (exact) mass is 360 g/mol. The zero-order valence-corrected chi connectivity index (χ0v) is 15.1. The molecular formula is C21H20N4O2. The molecule has 0 saturated carbocycles. The van der Waals surface area contributed by atoms with E-state index in [0.717, 1.165) is 22.6 Å². The van der Waals surface area contributed by atoms with Crippen LogP contribution in [0.5, 0.6) is 0 Å². The molecule has 0 fully saturated rings. The zero-order valence-electron chi connectivity index (χ0n) is 15.1. The molecule has 0 bridgehead atoms. The maximum atomic E-state index is 13.3. The van der Waals surface area contributed by atoms with Crippen LogP contribution in [0.3, 0.4) is 0 Å². The molecule has 3 N–H and O–H groups in total. The molecule has 2 aromatic carbocycles. The van der Waals surface area contributed by atoms with Crippen molar-refractivity contribution in [3.8, 4) is 5.69 Å². The van der Waals surface area contributed by atoms with Crippen LogP contribution in [0.15, 0.2) is 70.3 Å². The van der Waals surface area contributed by atoms with Gasteiger partial charge < -0.3 is 5.10 Å². The lowest BCUT2D eigenvalue weighted by molar-refractivity contribution is 0.833. The Labute approximate surface area is 155 Å². The maximum absolute atomic E-state index is 13.3. The van der Waals surface area contributed by atoms with Crippen molar-refractivity contribution >= 4 is 0 Å². The second-order valence-corrected chi connectivity index (χ2v) is 6.59. The summed E-state index contributed by atoms with van der Waals surface area (Å²) in [5.41, 5.74) is 3.85. The summed E-state index contributed by atoms with van der Waals surface area (Å²) >= 11 is 0. The van der Waals surface area contributed by atoms with E-state index in [4.69, 9.17) is 0 Å². The van der Waals surface area contributed by atoms with E-state index in [1.807, 2.05) is 74.5 Å². The Morgan fingerprint density at radius 2 is 1.41 bits per heavy atom. The minimum Gasteiger partial charge on any atom is -0.302 e. The third-order valence-corrected chi connectivity index (χ3v) is 4.85. The highest BCUT2D eigenvalue weighted by atomic mass is 16.1. The highest BCUT2D eigenvalue weighted by Gasteiger charge is 2.29. The fraction of sp³-hybridized carbons (Fsp3) is 0.143. The first-order chi connectivity index (χ1) is 13.1. The quantitative estimate of drug-likeness (QED) is 0.522. The average Bonchev–Trinajstić information content (AvgIpc) is 3.18. The molecule has 27 heavy (non-hydrogen) atoms. The third-order valence-electron chi connectivity index (χ3n) is 4.85. The Kier molecular flexibility index (Phi) is 4.16. The van der Waals surface area contributed by atoms with Crippen molar-refractivity contribution in [1.29, 1.82) is 0 Å². The van der Waals surface area contributed by atoms with Gasteiger partial charge in [0.05, 0.1) is 16.8 Å². The molecule has 2 heterocycles. The van der Waals surface area contributed by atoms with Crippen LogP contribution in [0.2, 0.25) is 0 Å². The van der Waals surface area contributed by atoms with E-state index in [1.165, 1.54) is 4.68 Å². The highest BCUT2D eigenvalue weighted by Crippen LogP contribution is 2.31. The summed E-state index contributed by atoms with van der Waals surface area (Å²) < 4.78 is 1.52. The first kappa shape index (κ1) is 16.9. The van der Waals surface area contributed by atoms with Crippen LogP contribution >= 0.6 is 0 Å². The van der Waals surface area contributed by atoms with Crippen molar-refractivity contribution in [2.24, 2.45) is 0 Å². The van der Waals surface area contributed by atoms with Crippen LogP contribution in [0.1, 0.15) is 34.0 Å². The minimum atomic E-state index is -0.463. The van der Waals surface area contributed by atoms with Gasteiger partial charge in [-0.2, -0.15) is 0 Å². The van der Waals surface area contributed by atoms with Gasteiger partial charge in [0.2, 0.25) is 0 Å². The largest absolute Gasteiger partial charge is 0.302 e. The number of nitrogens with zero attached hydrogens (tertiary/aromatic N) is 1. The van der Waals surface area contributed by atoms with E-state index in [2.05, 4.69) is 15.3 Å². The molecule has 6 heteroatoms. The number of aromatic amines is 3. The molecule has 4 rings (SSSR count). The van der Waals surface area contributed by atoms with Gasteiger partial charge in [0.15, 0.2) is 0 Å². The highest BCUT2D eigenvalue weighted by molar-refractivity contribution is 5.46. The molecule has 0 amide bonds. The fourth-order valence-electron chi connectivity index (χ4n) is 3.58. The second-order valence-electron chi connectivity index (χ2n) is 6.59. The number of H-pyrrole nitrogens is 3. The molecule has 0 spiro atoms. The van der Waals surface area contributed by atoms with Crippen molar-refractivity contribution in [2.75, 3.05) is 0 Å². The van der Waals surface area contributed by atoms with Gasteiger partial charge in [0.1, 0.15) is 0 Å². The number of aromatic nitrogens is 4. The van der Waals surface area contributed by atoms with E-state index in [1.54, 1.807) is 0 Å². The molecule has 2 aromatic heterocycles. The van der Waals surface area contributed by atoms with Gasteiger partial charge in [-0.05, 0) is 31.5 Å². The normalized spacial score (nSPS) is 12.2.